The summed E-state index contributed by atoms with van der Waals surface area (Å²) in [6.07, 6.45) is 1.51. The number of rotatable bonds is 2. The molecule has 16 heavy (non-hydrogen) atoms. The molecule has 0 bridgehead atoms. The number of halogens is 3. The molecule has 0 N–H and O–H groups in total. The van der Waals surface area contributed by atoms with Crippen LogP contribution in [0.15, 0.2) is 41.0 Å². The van der Waals surface area contributed by atoms with Crippen molar-refractivity contribution in [2.24, 2.45) is 0 Å². The number of benzene rings is 1. The van der Waals surface area contributed by atoms with Crippen LogP contribution in [0.25, 0.3) is 0 Å². The number of pyridine rings is 1. The fraction of sp³-hybridized carbons (Fsp3) is 0. The van der Waals surface area contributed by atoms with Gasteiger partial charge in [0.15, 0.2) is 11.6 Å². The summed E-state index contributed by atoms with van der Waals surface area (Å²) in [7, 11) is 0. The summed E-state index contributed by atoms with van der Waals surface area (Å²) in [5.41, 5.74) is 0. The van der Waals surface area contributed by atoms with Gasteiger partial charge in [0.05, 0.1) is 0 Å². The summed E-state index contributed by atoms with van der Waals surface area (Å²) in [5, 5.41) is 0. The maximum Gasteiger partial charge on any atom is 0.219 e. The van der Waals surface area contributed by atoms with Gasteiger partial charge in [-0.05, 0) is 34.1 Å². The SMILES string of the molecule is Fc1cccc(Oc2ccc(Br)cn2)c1F. The van der Waals surface area contributed by atoms with Crippen LogP contribution in [-0.2, 0) is 0 Å². The minimum Gasteiger partial charge on any atom is -0.436 e. The Bertz CT molecular complexity index is 502. The fourth-order valence-electron chi connectivity index (χ4n) is 1.10. The molecule has 0 amide bonds. The van der Waals surface area contributed by atoms with E-state index < -0.39 is 11.6 Å². The molecule has 2 nitrogen and oxygen atoms in total. The number of aromatic nitrogens is 1. The molecule has 1 aromatic heterocycles. The van der Waals surface area contributed by atoms with E-state index in [4.69, 9.17) is 4.74 Å². The summed E-state index contributed by atoms with van der Waals surface area (Å²) >= 11 is 3.20. The molecule has 1 aromatic carbocycles. The van der Waals surface area contributed by atoms with Crippen LogP contribution in [0.3, 0.4) is 0 Å². The number of nitrogens with zero attached hydrogens (tertiary/aromatic N) is 1. The standard InChI is InChI=1S/C11H6BrF2NO/c12-7-4-5-10(15-6-7)16-9-3-1-2-8(13)11(9)14/h1-6H. The highest BCUT2D eigenvalue weighted by atomic mass is 79.9. The molecule has 0 radical (unpaired) electrons. The molecule has 2 aromatic rings. The first-order chi connectivity index (χ1) is 7.66. The minimum absolute atomic E-state index is 0.185. The fourth-order valence-corrected chi connectivity index (χ4v) is 1.33. The van der Waals surface area contributed by atoms with E-state index in [9.17, 15) is 8.78 Å². The maximum atomic E-state index is 13.2. The van der Waals surface area contributed by atoms with Gasteiger partial charge in [-0.2, -0.15) is 4.39 Å². The van der Waals surface area contributed by atoms with Crippen LogP contribution in [0.1, 0.15) is 0 Å². The quantitative estimate of drug-likeness (QED) is 0.835. The second-order valence-electron chi connectivity index (χ2n) is 2.97. The van der Waals surface area contributed by atoms with E-state index in [0.29, 0.717) is 0 Å². The molecule has 0 unspecified atom stereocenters. The Kier molecular flexibility index (Phi) is 3.14. The van der Waals surface area contributed by atoms with E-state index in [1.807, 2.05) is 0 Å². The number of hydrogen-bond donors (Lipinski definition) is 0. The molecule has 1 heterocycles. The second kappa shape index (κ2) is 4.57. The van der Waals surface area contributed by atoms with Crippen LogP contribution in [-0.4, -0.2) is 4.98 Å². The van der Waals surface area contributed by atoms with Crippen LogP contribution in [0.4, 0.5) is 8.78 Å². The number of hydrogen-bond acceptors (Lipinski definition) is 2. The van der Waals surface area contributed by atoms with Crippen molar-refractivity contribution in [3.63, 3.8) is 0 Å². The Labute approximate surface area is 99.0 Å². The van der Waals surface area contributed by atoms with Gasteiger partial charge in [0.25, 0.3) is 0 Å². The maximum absolute atomic E-state index is 13.2. The van der Waals surface area contributed by atoms with Crippen LogP contribution >= 0.6 is 15.9 Å². The van der Waals surface area contributed by atoms with Crippen LogP contribution < -0.4 is 4.74 Å². The van der Waals surface area contributed by atoms with Crippen molar-refractivity contribution in [1.29, 1.82) is 0 Å². The highest BCUT2D eigenvalue weighted by Gasteiger charge is 2.09. The Morgan fingerprint density at radius 3 is 2.62 bits per heavy atom. The zero-order chi connectivity index (χ0) is 11.5. The summed E-state index contributed by atoms with van der Waals surface area (Å²) < 4.78 is 32.0. The Balaban J connectivity index is 2.27. The third-order valence-electron chi connectivity index (χ3n) is 1.83. The summed E-state index contributed by atoms with van der Waals surface area (Å²) in [6.45, 7) is 0. The van der Waals surface area contributed by atoms with Gasteiger partial charge in [0.1, 0.15) is 0 Å². The molecule has 5 heteroatoms. The van der Waals surface area contributed by atoms with E-state index in [1.165, 1.54) is 18.3 Å². The van der Waals surface area contributed by atoms with Crippen molar-refractivity contribution >= 4 is 15.9 Å². The smallest absolute Gasteiger partial charge is 0.219 e. The Morgan fingerprint density at radius 1 is 1.12 bits per heavy atom. The molecular weight excluding hydrogens is 280 g/mol. The molecule has 82 valence electrons. The summed E-state index contributed by atoms with van der Waals surface area (Å²) in [5.74, 6) is -1.95. The van der Waals surface area contributed by atoms with Crippen molar-refractivity contribution in [2.45, 2.75) is 0 Å². The zero-order valence-corrected chi connectivity index (χ0v) is 9.54. The minimum atomic E-state index is -1.02. The number of ether oxygens (including phenoxy) is 1. The molecule has 0 aliphatic heterocycles. The van der Waals surface area contributed by atoms with Crippen molar-refractivity contribution in [1.82, 2.24) is 4.98 Å². The van der Waals surface area contributed by atoms with Gasteiger partial charge in [0, 0.05) is 16.7 Å². The van der Waals surface area contributed by atoms with E-state index >= 15 is 0 Å². The average molecular weight is 286 g/mol. The topological polar surface area (TPSA) is 22.1 Å². The van der Waals surface area contributed by atoms with E-state index in [2.05, 4.69) is 20.9 Å². The zero-order valence-electron chi connectivity index (χ0n) is 7.95. The largest absolute Gasteiger partial charge is 0.436 e. The van der Waals surface area contributed by atoms with Gasteiger partial charge in [-0.15, -0.1) is 0 Å². The normalized spacial score (nSPS) is 10.2. The van der Waals surface area contributed by atoms with Crippen LogP contribution in [0.5, 0.6) is 11.6 Å². The predicted molar refractivity (Wildman–Crippen MR) is 58.4 cm³/mol. The van der Waals surface area contributed by atoms with Crippen molar-refractivity contribution < 1.29 is 13.5 Å². The molecule has 0 aliphatic rings. The van der Waals surface area contributed by atoms with Gasteiger partial charge < -0.3 is 4.74 Å². The average Bonchev–Trinajstić information content (AvgIpc) is 2.28. The molecule has 0 saturated heterocycles. The van der Waals surface area contributed by atoms with Gasteiger partial charge >= 0.3 is 0 Å². The highest BCUT2D eigenvalue weighted by Crippen LogP contribution is 2.24. The van der Waals surface area contributed by atoms with Crippen molar-refractivity contribution in [2.75, 3.05) is 0 Å². The van der Waals surface area contributed by atoms with Crippen molar-refractivity contribution in [3.8, 4) is 11.6 Å². The van der Waals surface area contributed by atoms with Gasteiger partial charge in [-0.1, -0.05) is 6.07 Å². The molecule has 0 atom stereocenters. The summed E-state index contributed by atoms with van der Waals surface area (Å²) in [6, 6.07) is 6.97. The van der Waals surface area contributed by atoms with Crippen molar-refractivity contribution in [3.05, 3.63) is 52.6 Å². The van der Waals surface area contributed by atoms with Gasteiger partial charge in [0.2, 0.25) is 11.7 Å². The molecule has 0 saturated carbocycles. The van der Waals surface area contributed by atoms with E-state index in [-0.39, 0.29) is 11.6 Å². The lowest BCUT2D eigenvalue weighted by Crippen LogP contribution is -1.92. The van der Waals surface area contributed by atoms with Gasteiger partial charge in [-0.25, -0.2) is 9.37 Å². The van der Waals surface area contributed by atoms with E-state index in [0.717, 1.165) is 10.5 Å². The van der Waals surface area contributed by atoms with Crippen LogP contribution in [0.2, 0.25) is 0 Å². The molecule has 0 spiro atoms. The highest BCUT2D eigenvalue weighted by molar-refractivity contribution is 9.10. The molecule has 0 aliphatic carbocycles. The monoisotopic (exact) mass is 285 g/mol. The first-order valence-electron chi connectivity index (χ1n) is 4.40. The lowest BCUT2D eigenvalue weighted by atomic mass is 10.3. The first kappa shape index (κ1) is 11.0. The lowest BCUT2D eigenvalue weighted by Gasteiger charge is -2.05. The second-order valence-corrected chi connectivity index (χ2v) is 3.88. The van der Waals surface area contributed by atoms with Gasteiger partial charge in [-0.3, -0.25) is 0 Å². The van der Waals surface area contributed by atoms with Crippen LogP contribution in [0, 0.1) is 11.6 Å². The molecule has 2 rings (SSSR count). The Morgan fingerprint density at radius 2 is 1.94 bits per heavy atom. The third kappa shape index (κ3) is 2.36. The molecular formula is C11H6BrF2NO. The third-order valence-corrected chi connectivity index (χ3v) is 2.30. The van der Waals surface area contributed by atoms with E-state index in [1.54, 1.807) is 12.1 Å². The first-order valence-corrected chi connectivity index (χ1v) is 5.19. The summed E-state index contributed by atoms with van der Waals surface area (Å²) in [4.78, 5) is 3.89. The molecule has 0 fully saturated rings. The Hall–Kier alpha value is -1.49. The lowest BCUT2D eigenvalue weighted by molar-refractivity contribution is 0.405. The predicted octanol–water partition coefficient (Wildman–Crippen LogP) is 3.91.